The highest BCUT2D eigenvalue weighted by molar-refractivity contribution is 6.25. The number of hydrogen-bond donors (Lipinski definition) is 0. The summed E-state index contributed by atoms with van der Waals surface area (Å²) in [6.45, 7) is 2.31. The van der Waals surface area contributed by atoms with Gasteiger partial charge in [0.1, 0.15) is 0 Å². The molecule has 0 amide bonds. The Labute approximate surface area is 337 Å². The molecule has 7 aromatic carbocycles. The molecule has 276 valence electrons. The van der Waals surface area contributed by atoms with Crippen molar-refractivity contribution in [1.29, 1.82) is 0 Å². The molecule has 2 unspecified atom stereocenters. The molecular weight excluding hydrogens is 703 g/mol. The second-order valence-corrected chi connectivity index (χ2v) is 16.1. The van der Waals surface area contributed by atoms with Gasteiger partial charge in [0.15, 0.2) is 0 Å². The summed E-state index contributed by atoms with van der Waals surface area (Å²) >= 11 is 0. The van der Waals surface area contributed by atoms with Gasteiger partial charge in [-0.2, -0.15) is 0 Å². The summed E-state index contributed by atoms with van der Waals surface area (Å²) in [6.07, 6.45) is 15.7. The van der Waals surface area contributed by atoms with Crippen LogP contribution in [0.3, 0.4) is 0 Å². The molecule has 0 radical (unpaired) electrons. The Hall–Kier alpha value is -7.10. The summed E-state index contributed by atoms with van der Waals surface area (Å²) in [5, 5.41) is 6.51. The maximum Gasteiger partial charge on any atom is 0.0598 e. The summed E-state index contributed by atoms with van der Waals surface area (Å²) in [6, 6.07) is 58.8. The standard InChI is InChI=1S/C55H41N3/c1-36-28-29-46-44-22-5-8-25-49(44)57(53(46)32-36)43-21-13-17-40(35-43)38-15-11-14-37(33-38)39-16-12-20-42(34-39)56-51-27-10-7-24-48(51)54-52(56)31-30-47-45-23-6-9-26-50(45)58(55(47)54)41-18-3-2-4-19-41/h2-18,20-31,33-36,41H,19,32H2,1H3. The topological polar surface area (TPSA) is 14.8 Å². The quantitative estimate of drug-likeness (QED) is 0.167. The maximum atomic E-state index is 2.59. The third-order valence-corrected chi connectivity index (χ3v) is 12.7. The van der Waals surface area contributed by atoms with E-state index < -0.39 is 0 Å². The van der Waals surface area contributed by atoms with Crippen molar-refractivity contribution in [3.8, 4) is 33.6 Å². The molecule has 2 aliphatic carbocycles. The van der Waals surface area contributed by atoms with E-state index in [1.165, 1.54) is 93.7 Å². The molecule has 3 heterocycles. The Morgan fingerprint density at radius 2 is 1.10 bits per heavy atom. The molecule has 3 heteroatoms. The molecular formula is C55H41N3. The summed E-state index contributed by atoms with van der Waals surface area (Å²) in [4.78, 5) is 0. The third kappa shape index (κ3) is 4.99. The van der Waals surface area contributed by atoms with E-state index in [0.717, 1.165) is 18.5 Å². The van der Waals surface area contributed by atoms with E-state index in [9.17, 15) is 0 Å². The number of benzene rings is 7. The minimum atomic E-state index is 0.255. The van der Waals surface area contributed by atoms with E-state index >= 15 is 0 Å². The van der Waals surface area contributed by atoms with Crippen LogP contribution in [0.4, 0.5) is 0 Å². The van der Waals surface area contributed by atoms with Gasteiger partial charge in [-0.25, -0.2) is 0 Å². The molecule has 0 aliphatic heterocycles. The molecule has 0 bridgehead atoms. The van der Waals surface area contributed by atoms with Crippen molar-refractivity contribution >= 4 is 60.6 Å². The molecule has 0 saturated carbocycles. The monoisotopic (exact) mass is 743 g/mol. The Morgan fingerprint density at radius 1 is 0.483 bits per heavy atom. The van der Waals surface area contributed by atoms with Crippen LogP contribution in [0.1, 0.15) is 30.6 Å². The number of nitrogens with zero attached hydrogens (tertiary/aromatic N) is 3. The van der Waals surface area contributed by atoms with Crippen molar-refractivity contribution in [1.82, 2.24) is 13.7 Å². The zero-order valence-corrected chi connectivity index (χ0v) is 32.4. The fraction of sp³-hybridized carbons (Fsp3) is 0.0909. The zero-order valence-electron chi connectivity index (χ0n) is 32.4. The molecule has 2 atom stereocenters. The van der Waals surface area contributed by atoms with Gasteiger partial charge >= 0.3 is 0 Å². The Morgan fingerprint density at radius 3 is 1.83 bits per heavy atom. The van der Waals surface area contributed by atoms with E-state index in [0.29, 0.717) is 5.92 Å². The van der Waals surface area contributed by atoms with Crippen molar-refractivity contribution in [2.75, 3.05) is 0 Å². The lowest BCUT2D eigenvalue weighted by molar-refractivity contribution is 0.649. The van der Waals surface area contributed by atoms with E-state index in [-0.39, 0.29) is 6.04 Å². The van der Waals surface area contributed by atoms with Gasteiger partial charge in [-0.15, -0.1) is 0 Å². The number of aromatic nitrogens is 3. The van der Waals surface area contributed by atoms with Crippen LogP contribution in [0.5, 0.6) is 0 Å². The predicted octanol–water partition coefficient (Wildman–Crippen LogP) is 14.4. The molecule has 58 heavy (non-hydrogen) atoms. The van der Waals surface area contributed by atoms with Crippen molar-refractivity contribution in [2.45, 2.75) is 25.8 Å². The highest BCUT2D eigenvalue weighted by Gasteiger charge is 2.24. The first-order valence-electron chi connectivity index (χ1n) is 20.6. The van der Waals surface area contributed by atoms with Gasteiger partial charge in [-0.3, -0.25) is 0 Å². The van der Waals surface area contributed by atoms with Gasteiger partial charge in [0.05, 0.1) is 28.1 Å². The SMILES string of the molecule is CC1C=Cc2c(n(-c3cccc(-c4cccc(-c5cccc(-n6c7ccccc7c7c6ccc6c8ccccc8n(C8C=CC=CC8)c67)c5)c4)c3)c3ccccc23)C1. The largest absolute Gasteiger partial charge is 0.333 e. The second-order valence-electron chi connectivity index (χ2n) is 16.1. The van der Waals surface area contributed by atoms with Crippen molar-refractivity contribution in [3.63, 3.8) is 0 Å². The number of para-hydroxylation sites is 3. The number of fused-ring (bicyclic) bond motifs is 10. The molecule has 3 nitrogen and oxygen atoms in total. The van der Waals surface area contributed by atoms with E-state index in [2.05, 4.69) is 215 Å². The first-order valence-corrected chi connectivity index (χ1v) is 20.6. The minimum Gasteiger partial charge on any atom is -0.333 e. The average Bonchev–Trinajstić information content (AvgIpc) is 3.92. The fourth-order valence-electron chi connectivity index (χ4n) is 10.1. The van der Waals surface area contributed by atoms with Gasteiger partial charge in [0.25, 0.3) is 0 Å². The molecule has 0 N–H and O–H groups in total. The summed E-state index contributed by atoms with van der Waals surface area (Å²) < 4.78 is 7.55. The van der Waals surface area contributed by atoms with Crippen LogP contribution in [0.2, 0.25) is 0 Å². The Kier molecular flexibility index (Phi) is 7.40. The number of allylic oxidation sites excluding steroid dienone is 5. The van der Waals surface area contributed by atoms with Crippen LogP contribution in [0.15, 0.2) is 188 Å². The first kappa shape index (κ1) is 33.1. The summed E-state index contributed by atoms with van der Waals surface area (Å²) in [5.74, 6) is 0.512. The van der Waals surface area contributed by atoms with Crippen molar-refractivity contribution in [2.24, 2.45) is 5.92 Å². The maximum absolute atomic E-state index is 2.59. The third-order valence-electron chi connectivity index (χ3n) is 12.7. The highest BCUT2D eigenvalue weighted by atomic mass is 15.0. The lowest BCUT2D eigenvalue weighted by Crippen LogP contribution is -2.08. The predicted molar refractivity (Wildman–Crippen MR) is 245 cm³/mol. The van der Waals surface area contributed by atoms with Crippen LogP contribution in [-0.4, -0.2) is 13.7 Å². The van der Waals surface area contributed by atoms with Gasteiger partial charge in [0.2, 0.25) is 0 Å². The lowest BCUT2D eigenvalue weighted by atomic mass is 9.94. The summed E-state index contributed by atoms with van der Waals surface area (Å²) in [5.41, 5.74) is 16.2. The fourth-order valence-corrected chi connectivity index (χ4v) is 10.1. The van der Waals surface area contributed by atoms with Gasteiger partial charge < -0.3 is 13.7 Å². The second kappa shape index (κ2) is 13.0. The van der Waals surface area contributed by atoms with Crippen LogP contribution >= 0.6 is 0 Å². The zero-order chi connectivity index (χ0) is 38.3. The average molecular weight is 744 g/mol. The minimum absolute atomic E-state index is 0.255. The highest BCUT2D eigenvalue weighted by Crippen LogP contribution is 2.43. The van der Waals surface area contributed by atoms with Crippen LogP contribution < -0.4 is 0 Å². The van der Waals surface area contributed by atoms with Crippen LogP contribution in [0, 0.1) is 5.92 Å². The molecule has 0 fully saturated rings. The lowest BCUT2D eigenvalue weighted by Gasteiger charge is -2.19. The van der Waals surface area contributed by atoms with E-state index in [4.69, 9.17) is 0 Å². The number of hydrogen-bond acceptors (Lipinski definition) is 0. The Balaban J connectivity index is 0.989. The van der Waals surface area contributed by atoms with Crippen molar-refractivity contribution in [3.05, 3.63) is 199 Å². The smallest absolute Gasteiger partial charge is 0.0598 e. The van der Waals surface area contributed by atoms with Gasteiger partial charge in [-0.05, 0) is 95.6 Å². The van der Waals surface area contributed by atoms with E-state index in [1.807, 2.05) is 0 Å². The van der Waals surface area contributed by atoms with Crippen LogP contribution in [0.25, 0.3) is 94.2 Å². The van der Waals surface area contributed by atoms with Gasteiger partial charge in [-0.1, -0.05) is 147 Å². The molecule has 0 saturated heterocycles. The summed E-state index contributed by atoms with van der Waals surface area (Å²) in [7, 11) is 0. The Bertz CT molecular complexity index is 3380. The molecule has 0 spiro atoms. The molecule has 2 aliphatic rings. The van der Waals surface area contributed by atoms with Crippen LogP contribution in [-0.2, 0) is 6.42 Å². The van der Waals surface area contributed by atoms with E-state index in [1.54, 1.807) is 0 Å². The molecule has 10 aromatic rings. The van der Waals surface area contributed by atoms with Gasteiger partial charge in [0, 0.05) is 55.1 Å². The van der Waals surface area contributed by atoms with Crippen molar-refractivity contribution < 1.29 is 0 Å². The number of rotatable bonds is 5. The first-order chi connectivity index (χ1) is 28.7. The normalized spacial score (nSPS) is 16.4. The molecule has 12 rings (SSSR count). The molecule has 3 aromatic heterocycles.